The Morgan fingerprint density at radius 1 is 1.29 bits per heavy atom. The topological polar surface area (TPSA) is 67.8 Å². The highest BCUT2D eigenvalue weighted by atomic mass is 16.5. The molecule has 0 unspecified atom stereocenters. The molecule has 0 amide bonds. The number of benzene rings is 1. The van der Waals surface area contributed by atoms with Gasteiger partial charge in [-0.25, -0.2) is 0 Å². The number of nitrogens with two attached hydrogens (primary N) is 1. The van der Waals surface area contributed by atoms with E-state index in [9.17, 15) is 0 Å². The molecule has 0 fully saturated rings. The summed E-state index contributed by atoms with van der Waals surface area (Å²) in [4.78, 5) is 0. The molecule has 0 aliphatic rings. The van der Waals surface area contributed by atoms with E-state index in [1.807, 2.05) is 13.8 Å². The van der Waals surface area contributed by atoms with Crippen molar-refractivity contribution in [1.29, 1.82) is 0 Å². The lowest BCUT2D eigenvalue weighted by molar-refractivity contribution is 0.303. The van der Waals surface area contributed by atoms with Crippen LogP contribution < -0.4 is 10.5 Å². The van der Waals surface area contributed by atoms with Crippen LogP contribution >= 0.6 is 0 Å². The Bertz CT molecular complexity index is 391. The minimum atomic E-state index is 0.242. The third-order valence-electron chi connectivity index (χ3n) is 2.56. The average Bonchev–Trinajstić information content (AvgIpc) is 2.26. The summed E-state index contributed by atoms with van der Waals surface area (Å²) in [5, 5.41) is 11.3. The van der Waals surface area contributed by atoms with Crippen LogP contribution in [0.5, 0.6) is 5.75 Å². The maximum absolute atomic E-state index is 8.39. The molecule has 94 valence electrons. The van der Waals surface area contributed by atoms with E-state index in [1.165, 1.54) is 5.56 Å². The number of aryl methyl sites for hydroxylation is 3. The molecule has 0 aliphatic carbocycles. The fourth-order valence-electron chi connectivity index (χ4n) is 1.87. The molecule has 3 N–H and O–H groups in total. The van der Waals surface area contributed by atoms with E-state index < -0.39 is 0 Å². The van der Waals surface area contributed by atoms with Gasteiger partial charge in [-0.15, -0.1) is 0 Å². The second-order valence-electron chi connectivity index (χ2n) is 4.27. The van der Waals surface area contributed by atoms with E-state index in [4.69, 9.17) is 15.7 Å². The lowest BCUT2D eigenvalue weighted by Gasteiger charge is -2.12. The molecule has 0 saturated carbocycles. The standard InChI is InChI=1S/C13H20N2O2/c1-9-7-10(2)13(11(3)8-9)17-6-4-5-12(14)15-16/h7-8,16H,4-6H2,1-3H3,(H2,14,15). The smallest absolute Gasteiger partial charge is 0.139 e. The first-order valence-corrected chi connectivity index (χ1v) is 5.71. The first-order valence-electron chi connectivity index (χ1n) is 5.71. The zero-order valence-corrected chi connectivity index (χ0v) is 10.7. The van der Waals surface area contributed by atoms with Crippen molar-refractivity contribution in [3.63, 3.8) is 0 Å². The van der Waals surface area contributed by atoms with Crippen LogP contribution in [0, 0.1) is 20.8 Å². The van der Waals surface area contributed by atoms with E-state index in [0.717, 1.165) is 23.3 Å². The second-order valence-corrected chi connectivity index (χ2v) is 4.27. The zero-order valence-electron chi connectivity index (χ0n) is 10.7. The van der Waals surface area contributed by atoms with Gasteiger partial charge in [0, 0.05) is 6.42 Å². The Hall–Kier alpha value is -1.71. The van der Waals surface area contributed by atoms with Gasteiger partial charge >= 0.3 is 0 Å². The summed E-state index contributed by atoms with van der Waals surface area (Å²) >= 11 is 0. The van der Waals surface area contributed by atoms with Gasteiger partial charge in [0.25, 0.3) is 0 Å². The number of hydrogen-bond donors (Lipinski definition) is 2. The molecule has 0 aliphatic heterocycles. The third-order valence-corrected chi connectivity index (χ3v) is 2.56. The molecular weight excluding hydrogens is 216 g/mol. The predicted molar refractivity (Wildman–Crippen MR) is 68.8 cm³/mol. The van der Waals surface area contributed by atoms with Gasteiger partial charge in [-0.1, -0.05) is 22.9 Å². The van der Waals surface area contributed by atoms with Gasteiger partial charge in [0.15, 0.2) is 0 Å². The normalized spacial score (nSPS) is 11.6. The quantitative estimate of drug-likeness (QED) is 0.271. The largest absolute Gasteiger partial charge is 0.493 e. The third kappa shape index (κ3) is 3.98. The summed E-state index contributed by atoms with van der Waals surface area (Å²) in [7, 11) is 0. The SMILES string of the molecule is Cc1cc(C)c(OCCCC(N)=NO)c(C)c1. The van der Waals surface area contributed by atoms with Gasteiger partial charge < -0.3 is 15.7 Å². The highest BCUT2D eigenvalue weighted by Crippen LogP contribution is 2.24. The van der Waals surface area contributed by atoms with Crippen LogP contribution in [0.1, 0.15) is 29.5 Å². The van der Waals surface area contributed by atoms with Gasteiger partial charge in [0.1, 0.15) is 11.6 Å². The van der Waals surface area contributed by atoms with Crippen LogP contribution in [-0.4, -0.2) is 17.6 Å². The Kier molecular flexibility index (Phi) is 4.82. The van der Waals surface area contributed by atoms with Gasteiger partial charge in [-0.2, -0.15) is 0 Å². The molecule has 17 heavy (non-hydrogen) atoms. The van der Waals surface area contributed by atoms with Crippen molar-refractivity contribution in [2.45, 2.75) is 33.6 Å². The first kappa shape index (κ1) is 13.4. The van der Waals surface area contributed by atoms with Crippen LogP contribution in [-0.2, 0) is 0 Å². The monoisotopic (exact) mass is 236 g/mol. The number of hydrogen-bond acceptors (Lipinski definition) is 3. The summed E-state index contributed by atoms with van der Waals surface area (Å²) in [5.74, 6) is 1.18. The van der Waals surface area contributed by atoms with Crippen molar-refractivity contribution in [1.82, 2.24) is 0 Å². The van der Waals surface area contributed by atoms with Crippen LogP contribution in [0.15, 0.2) is 17.3 Å². The molecule has 0 saturated heterocycles. The molecule has 1 rings (SSSR count). The average molecular weight is 236 g/mol. The van der Waals surface area contributed by atoms with E-state index in [0.29, 0.717) is 13.0 Å². The minimum Gasteiger partial charge on any atom is -0.493 e. The Morgan fingerprint density at radius 3 is 2.41 bits per heavy atom. The predicted octanol–water partition coefficient (Wildman–Crippen LogP) is 2.52. The molecule has 0 spiro atoms. The highest BCUT2D eigenvalue weighted by molar-refractivity contribution is 5.79. The van der Waals surface area contributed by atoms with Crippen molar-refractivity contribution in [2.75, 3.05) is 6.61 Å². The van der Waals surface area contributed by atoms with Crippen molar-refractivity contribution in [3.05, 3.63) is 28.8 Å². The summed E-state index contributed by atoms with van der Waals surface area (Å²) in [6.07, 6.45) is 1.28. The van der Waals surface area contributed by atoms with E-state index in [-0.39, 0.29) is 5.84 Å². The molecule has 0 atom stereocenters. The molecule has 0 radical (unpaired) electrons. The maximum Gasteiger partial charge on any atom is 0.139 e. The summed E-state index contributed by atoms with van der Waals surface area (Å²) in [5.41, 5.74) is 8.91. The first-order chi connectivity index (χ1) is 8.04. The van der Waals surface area contributed by atoms with Crippen LogP contribution in [0.3, 0.4) is 0 Å². The van der Waals surface area contributed by atoms with E-state index >= 15 is 0 Å². The van der Waals surface area contributed by atoms with Crippen molar-refractivity contribution < 1.29 is 9.94 Å². The van der Waals surface area contributed by atoms with Gasteiger partial charge in [0.2, 0.25) is 0 Å². The van der Waals surface area contributed by atoms with Crippen molar-refractivity contribution in [3.8, 4) is 5.75 Å². The summed E-state index contributed by atoms with van der Waals surface area (Å²) in [6, 6.07) is 4.21. The number of rotatable bonds is 5. The zero-order chi connectivity index (χ0) is 12.8. The minimum absolute atomic E-state index is 0.242. The van der Waals surface area contributed by atoms with Gasteiger partial charge in [0.05, 0.1) is 6.61 Å². The van der Waals surface area contributed by atoms with Crippen molar-refractivity contribution >= 4 is 5.84 Å². The number of oxime groups is 1. The summed E-state index contributed by atoms with van der Waals surface area (Å²) in [6.45, 7) is 6.72. The van der Waals surface area contributed by atoms with Crippen molar-refractivity contribution in [2.24, 2.45) is 10.9 Å². The lowest BCUT2D eigenvalue weighted by Crippen LogP contribution is -2.13. The number of ether oxygens (including phenoxy) is 1. The fraction of sp³-hybridized carbons (Fsp3) is 0.462. The Morgan fingerprint density at radius 2 is 1.88 bits per heavy atom. The van der Waals surface area contributed by atoms with Gasteiger partial charge in [-0.05, 0) is 38.3 Å². The molecule has 0 heterocycles. The fourth-order valence-corrected chi connectivity index (χ4v) is 1.87. The molecule has 1 aromatic carbocycles. The Balaban J connectivity index is 2.52. The molecular formula is C13H20N2O2. The summed E-state index contributed by atoms with van der Waals surface area (Å²) < 4.78 is 5.73. The number of amidine groups is 1. The van der Waals surface area contributed by atoms with E-state index in [2.05, 4.69) is 24.2 Å². The highest BCUT2D eigenvalue weighted by Gasteiger charge is 2.04. The second kappa shape index (κ2) is 6.13. The molecule has 4 heteroatoms. The molecule has 0 aromatic heterocycles. The molecule has 0 bridgehead atoms. The molecule has 4 nitrogen and oxygen atoms in total. The van der Waals surface area contributed by atoms with E-state index in [1.54, 1.807) is 0 Å². The van der Waals surface area contributed by atoms with Gasteiger partial charge in [-0.3, -0.25) is 0 Å². The molecule has 1 aromatic rings. The number of nitrogens with zero attached hydrogens (tertiary/aromatic N) is 1. The van der Waals surface area contributed by atoms with Crippen LogP contribution in [0.2, 0.25) is 0 Å². The van der Waals surface area contributed by atoms with Crippen LogP contribution in [0.25, 0.3) is 0 Å². The lowest BCUT2D eigenvalue weighted by atomic mass is 10.1. The van der Waals surface area contributed by atoms with Crippen LogP contribution in [0.4, 0.5) is 0 Å². The maximum atomic E-state index is 8.39. The Labute approximate surface area is 102 Å².